The van der Waals surface area contributed by atoms with Gasteiger partial charge in [-0.2, -0.15) is 0 Å². The fourth-order valence-electron chi connectivity index (χ4n) is 0.0680. The monoisotopic (exact) mass is 167 g/mol. The van der Waals surface area contributed by atoms with Gasteiger partial charge in [-0.1, -0.05) is 0 Å². The molecule has 0 aliphatic carbocycles. The van der Waals surface area contributed by atoms with Crippen LogP contribution in [0.4, 0.5) is 0 Å². The first-order valence-electron chi connectivity index (χ1n) is 1.73. The number of carboxylic acid groups (broad SMARTS) is 1. The number of rotatable bonds is 2. The van der Waals surface area contributed by atoms with E-state index in [0.29, 0.717) is 5.32 Å². The van der Waals surface area contributed by atoms with E-state index in [1.807, 2.05) is 0 Å². The average Bonchev–Trinajstić information content (AvgIpc) is 1.65. The molecule has 0 aromatic carbocycles. The Morgan fingerprint density at radius 3 is 2.43 bits per heavy atom. The van der Waals surface area contributed by atoms with Crippen LogP contribution in [0, 0.1) is 0 Å². The van der Waals surface area contributed by atoms with Crippen LogP contribution in [-0.4, -0.2) is 28.0 Å². The van der Waals surface area contributed by atoms with Gasteiger partial charge in [0.05, 0.1) is 0 Å². The minimum absolute atomic E-state index is 0.308. The predicted molar refractivity (Wildman–Crippen MR) is 23.5 cm³/mol. The van der Waals surface area contributed by atoms with E-state index in [9.17, 15) is 9.90 Å². The standard InChI is InChI=1S/C3H7NO2Se/c4-2(1-7)3(5)6/h2,7H,1,4H2,(H,5,6)/p-2/t2-/m1/s1. The Morgan fingerprint density at radius 1 is 2.00 bits per heavy atom. The van der Waals surface area contributed by atoms with Gasteiger partial charge in [-0.15, -0.1) is 0 Å². The van der Waals surface area contributed by atoms with E-state index in [2.05, 4.69) is 16.0 Å². The Hall–Kier alpha value is -0.0505. The summed E-state index contributed by atoms with van der Waals surface area (Å²) in [6.45, 7) is 0. The Balaban J connectivity index is 3.34. The fourth-order valence-corrected chi connectivity index (χ4v) is 0.354. The van der Waals surface area contributed by atoms with Gasteiger partial charge < -0.3 is 0 Å². The van der Waals surface area contributed by atoms with Crippen molar-refractivity contribution < 1.29 is 9.90 Å². The first-order chi connectivity index (χ1) is 3.18. The molecular formula is C3H5NO2Se-2. The van der Waals surface area contributed by atoms with E-state index in [4.69, 9.17) is 5.73 Å². The topological polar surface area (TPSA) is 66.2 Å². The van der Waals surface area contributed by atoms with E-state index in [1.54, 1.807) is 0 Å². The molecule has 1 atom stereocenters. The molecule has 0 fully saturated rings. The zero-order valence-corrected chi connectivity index (χ0v) is 5.30. The SMILES string of the molecule is N[C@H](C[Se-])C(=O)[O-]. The van der Waals surface area contributed by atoms with Crippen molar-refractivity contribution in [3.8, 4) is 0 Å². The van der Waals surface area contributed by atoms with Crippen molar-refractivity contribution in [1.82, 2.24) is 0 Å². The molecule has 0 amide bonds. The van der Waals surface area contributed by atoms with Gasteiger partial charge in [-0.3, -0.25) is 0 Å². The van der Waals surface area contributed by atoms with Gasteiger partial charge in [0.2, 0.25) is 0 Å². The fraction of sp³-hybridized carbons (Fsp3) is 0.667. The molecule has 0 bridgehead atoms. The molecule has 0 saturated carbocycles. The second-order valence-corrected chi connectivity index (χ2v) is 1.79. The van der Waals surface area contributed by atoms with Crippen LogP contribution in [0.5, 0.6) is 0 Å². The summed E-state index contributed by atoms with van der Waals surface area (Å²) in [5.41, 5.74) is 4.92. The maximum absolute atomic E-state index is 9.67. The quantitative estimate of drug-likeness (QED) is 0.467. The molecule has 3 nitrogen and oxygen atoms in total. The summed E-state index contributed by atoms with van der Waals surface area (Å²) >= 11 is 2.48. The maximum atomic E-state index is 9.67. The van der Waals surface area contributed by atoms with Crippen molar-refractivity contribution in [3.63, 3.8) is 0 Å². The van der Waals surface area contributed by atoms with Crippen LogP contribution in [0.15, 0.2) is 0 Å². The molecule has 42 valence electrons. The van der Waals surface area contributed by atoms with Crippen LogP contribution in [0.3, 0.4) is 0 Å². The Kier molecular flexibility index (Phi) is 3.00. The molecule has 0 radical (unpaired) electrons. The van der Waals surface area contributed by atoms with Gasteiger partial charge in [0.15, 0.2) is 0 Å². The Morgan fingerprint density at radius 2 is 2.43 bits per heavy atom. The third-order valence-electron chi connectivity index (χ3n) is 0.482. The first kappa shape index (κ1) is 6.95. The summed E-state index contributed by atoms with van der Waals surface area (Å²) in [4.78, 5) is 9.67. The molecule has 4 heteroatoms. The number of hydrogen-bond donors (Lipinski definition) is 1. The van der Waals surface area contributed by atoms with Crippen LogP contribution >= 0.6 is 0 Å². The molecule has 0 unspecified atom stereocenters. The second-order valence-electron chi connectivity index (χ2n) is 1.09. The van der Waals surface area contributed by atoms with Crippen molar-refractivity contribution in [2.75, 3.05) is 0 Å². The Labute approximate surface area is 49.7 Å². The third-order valence-corrected chi connectivity index (χ3v) is 1.24. The Bertz CT molecular complexity index is 75.3. The molecule has 0 aliphatic rings. The van der Waals surface area contributed by atoms with E-state index in [-0.39, 0.29) is 0 Å². The van der Waals surface area contributed by atoms with Crippen molar-refractivity contribution in [3.05, 3.63) is 0 Å². The van der Waals surface area contributed by atoms with Crippen LogP contribution in [0.2, 0.25) is 5.32 Å². The van der Waals surface area contributed by atoms with Crippen molar-refractivity contribution in [2.45, 2.75) is 11.4 Å². The van der Waals surface area contributed by atoms with Gasteiger partial charge in [-0.25, -0.2) is 0 Å². The van der Waals surface area contributed by atoms with Gasteiger partial charge in [0.1, 0.15) is 0 Å². The van der Waals surface area contributed by atoms with E-state index < -0.39 is 12.0 Å². The summed E-state index contributed by atoms with van der Waals surface area (Å²) in [5.74, 6) is -1.21. The molecule has 0 saturated heterocycles. The van der Waals surface area contributed by atoms with E-state index in [1.165, 1.54) is 0 Å². The van der Waals surface area contributed by atoms with Crippen molar-refractivity contribution >= 4 is 22.0 Å². The molecule has 0 heterocycles. The van der Waals surface area contributed by atoms with Gasteiger partial charge >= 0.3 is 49.0 Å². The average molecular weight is 166 g/mol. The van der Waals surface area contributed by atoms with Gasteiger partial charge in [-0.05, 0) is 0 Å². The molecule has 0 aromatic rings. The first-order valence-corrected chi connectivity index (χ1v) is 2.94. The molecule has 7 heavy (non-hydrogen) atoms. The number of carboxylic acids is 1. The van der Waals surface area contributed by atoms with Crippen LogP contribution in [0.1, 0.15) is 0 Å². The van der Waals surface area contributed by atoms with Gasteiger partial charge in [0.25, 0.3) is 0 Å². The normalized spacial score (nSPS) is 13.4. The van der Waals surface area contributed by atoms with Crippen LogP contribution < -0.4 is 10.8 Å². The summed E-state index contributed by atoms with van der Waals surface area (Å²) < 4.78 is 0. The second kappa shape index (κ2) is 3.02. The summed E-state index contributed by atoms with van der Waals surface area (Å²) in [5, 5.41) is 9.98. The molecule has 0 rings (SSSR count). The predicted octanol–water partition coefficient (Wildman–Crippen LogP) is -2.35. The number of aliphatic carboxylic acids is 1. The summed E-state index contributed by atoms with van der Waals surface area (Å²) in [6.07, 6.45) is 0. The molecule has 0 aliphatic heterocycles. The number of nitrogens with two attached hydrogens (primary N) is 1. The van der Waals surface area contributed by atoms with Crippen LogP contribution in [-0.2, 0) is 4.79 Å². The summed E-state index contributed by atoms with van der Waals surface area (Å²) in [6, 6.07) is -0.847. The van der Waals surface area contributed by atoms with E-state index in [0.717, 1.165) is 0 Å². The summed E-state index contributed by atoms with van der Waals surface area (Å²) in [7, 11) is 0. The molecule has 0 aromatic heterocycles. The number of carbonyl (C=O) groups excluding carboxylic acids is 1. The van der Waals surface area contributed by atoms with Crippen LogP contribution in [0.25, 0.3) is 0 Å². The molecule has 2 N–H and O–H groups in total. The van der Waals surface area contributed by atoms with E-state index >= 15 is 0 Å². The van der Waals surface area contributed by atoms with Crippen molar-refractivity contribution in [1.29, 1.82) is 0 Å². The van der Waals surface area contributed by atoms with Crippen molar-refractivity contribution in [2.24, 2.45) is 5.73 Å². The molecule has 0 spiro atoms. The van der Waals surface area contributed by atoms with Gasteiger partial charge in [0, 0.05) is 0 Å². The third kappa shape index (κ3) is 2.62. The number of hydrogen-bond acceptors (Lipinski definition) is 3. The zero-order valence-electron chi connectivity index (χ0n) is 3.59. The number of carbonyl (C=O) groups is 1. The minimum atomic E-state index is -1.21. The zero-order chi connectivity index (χ0) is 5.86. The molecular weight excluding hydrogens is 161 g/mol.